The van der Waals surface area contributed by atoms with Crippen molar-refractivity contribution in [1.82, 2.24) is 9.97 Å². The third-order valence-electron chi connectivity index (χ3n) is 4.41. The Morgan fingerprint density at radius 3 is 2.68 bits per heavy atom. The van der Waals surface area contributed by atoms with Gasteiger partial charge in [0.1, 0.15) is 5.82 Å². The van der Waals surface area contributed by atoms with Gasteiger partial charge in [-0.3, -0.25) is 4.79 Å². The van der Waals surface area contributed by atoms with Crippen LogP contribution < -0.4 is 22.1 Å². The van der Waals surface area contributed by atoms with Crippen LogP contribution in [0.25, 0.3) is 0 Å². The minimum absolute atomic E-state index is 0.123. The molecule has 7 heteroatoms. The predicted octanol–water partition coefficient (Wildman–Crippen LogP) is 2.31. The number of anilines is 3. The number of nitrogens with one attached hydrogen (secondary N) is 2. The molecule has 0 atom stereocenters. The van der Waals surface area contributed by atoms with Gasteiger partial charge in [-0.2, -0.15) is 0 Å². The van der Waals surface area contributed by atoms with Gasteiger partial charge in [0.25, 0.3) is 5.91 Å². The van der Waals surface area contributed by atoms with Gasteiger partial charge in [0.15, 0.2) is 11.5 Å². The van der Waals surface area contributed by atoms with E-state index in [1.54, 1.807) is 6.20 Å². The zero-order valence-corrected chi connectivity index (χ0v) is 14.3. The third kappa shape index (κ3) is 4.45. The molecular weight excluding hydrogens is 316 g/mol. The molecule has 1 saturated carbocycles. The fourth-order valence-electron chi connectivity index (χ4n) is 3.06. The van der Waals surface area contributed by atoms with Crippen LogP contribution in [-0.2, 0) is 0 Å². The Labute approximate surface area is 147 Å². The lowest BCUT2D eigenvalue weighted by Gasteiger charge is -2.27. The van der Waals surface area contributed by atoms with Crippen molar-refractivity contribution in [3.05, 3.63) is 41.7 Å². The topological polar surface area (TPSA) is 119 Å². The number of rotatable bonds is 5. The largest absolute Gasteiger partial charge is 0.366 e. The molecule has 1 aromatic carbocycles. The number of hydrogen-bond donors (Lipinski definition) is 4. The average Bonchev–Trinajstić information content (AvgIpc) is 2.57. The molecule has 2 aromatic rings. The number of aryl methyl sites for hydroxylation is 1. The van der Waals surface area contributed by atoms with Crippen LogP contribution in [0.15, 0.2) is 30.5 Å². The first-order valence-corrected chi connectivity index (χ1v) is 8.54. The van der Waals surface area contributed by atoms with Crippen LogP contribution in [0.5, 0.6) is 0 Å². The van der Waals surface area contributed by atoms with Gasteiger partial charge in [-0.15, -0.1) is 0 Å². The van der Waals surface area contributed by atoms with Gasteiger partial charge in [0, 0.05) is 17.8 Å². The highest BCUT2D eigenvalue weighted by Crippen LogP contribution is 2.23. The average molecular weight is 340 g/mol. The Morgan fingerprint density at radius 2 is 2.00 bits per heavy atom. The molecule has 3 rings (SSSR count). The summed E-state index contributed by atoms with van der Waals surface area (Å²) in [5.74, 6) is 0.370. The summed E-state index contributed by atoms with van der Waals surface area (Å²) in [6.45, 7) is 2.00. The lowest BCUT2D eigenvalue weighted by Crippen LogP contribution is -2.33. The highest BCUT2D eigenvalue weighted by atomic mass is 16.1. The smallest absolute Gasteiger partial charge is 0.271 e. The molecule has 7 nitrogen and oxygen atoms in total. The standard InChI is InChI=1S/C18H24N6O/c1-11-3-2-4-14(9-11)23-18-16(17(20)25)21-10-15(24-18)22-13-7-5-12(19)6-8-13/h2-4,9-10,12-13H,5-8,19H2,1H3,(H2,20,25)(H2,22,23,24). The molecule has 25 heavy (non-hydrogen) atoms. The monoisotopic (exact) mass is 340 g/mol. The number of carbonyl (C=O) groups excluding carboxylic acids is 1. The van der Waals surface area contributed by atoms with Crippen molar-refractivity contribution in [2.45, 2.75) is 44.7 Å². The Bertz CT molecular complexity index is 755. The second-order valence-corrected chi connectivity index (χ2v) is 6.57. The zero-order chi connectivity index (χ0) is 17.8. The molecule has 0 bridgehead atoms. The van der Waals surface area contributed by atoms with Crippen LogP contribution in [0.3, 0.4) is 0 Å². The lowest BCUT2D eigenvalue weighted by molar-refractivity contribution is 0.0996. The maximum Gasteiger partial charge on any atom is 0.271 e. The number of amides is 1. The molecule has 1 amide bonds. The Balaban J connectivity index is 1.80. The minimum Gasteiger partial charge on any atom is -0.366 e. The van der Waals surface area contributed by atoms with E-state index >= 15 is 0 Å². The summed E-state index contributed by atoms with van der Waals surface area (Å²) in [5.41, 5.74) is 13.4. The molecule has 6 N–H and O–H groups in total. The molecule has 1 aliphatic carbocycles. The van der Waals surface area contributed by atoms with Gasteiger partial charge < -0.3 is 22.1 Å². The fraction of sp³-hybridized carbons (Fsp3) is 0.389. The predicted molar refractivity (Wildman–Crippen MR) is 98.9 cm³/mol. The van der Waals surface area contributed by atoms with E-state index in [4.69, 9.17) is 11.5 Å². The van der Waals surface area contributed by atoms with Crippen LogP contribution in [-0.4, -0.2) is 28.0 Å². The molecule has 0 spiro atoms. The van der Waals surface area contributed by atoms with E-state index in [2.05, 4.69) is 20.6 Å². The van der Waals surface area contributed by atoms with Gasteiger partial charge in [-0.05, 0) is 50.3 Å². The number of nitrogens with zero attached hydrogens (tertiary/aromatic N) is 2. The molecule has 1 aliphatic rings. The molecule has 1 fully saturated rings. The second kappa shape index (κ2) is 7.48. The SMILES string of the molecule is Cc1cccc(Nc2nc(NC3CCC(N)CC3)cnc2C(N)=O)c1. The Kier molecular flexibility index (Phi) is 5.14. The van der Waals surface area contributed by atoms with Crippen LogP contribution >= 0.6 is 0 Å². The quantitative estimate of drug-likeness (QED) is 0.663. The van der Waals surface area contributed by atoms with Gasteiger partial charge >= 0.3 is 0 Å². The first-order chi connectivity index (χ1) is 12.0. The van der Waals surface area contributed by atoms with Crippen LogP contribution in [0, 0.1) is 6.92 Å². The van der Waals surface area contributed by atoms with E-state index in [-0.39, 0.29) is 5.69 Å². The molecule has 132 valence electrons. The van der Waals surface area contributed by atoms with Crippen molar-refractivity contribution in [3.63, 3.8) is 0 Å². The Hall–Kier alpha value is -2.67. The third-order valence-corrected chi connectivity index (χ3v) is 4.41. The summed E-state index contributed by atoms with van der Waals surface area (Å²) < 4.78 is 0. The number of benzene rings is 1. The number of primary amides is 1. The van der Waals surface area contributed by atoms with Crippen molar-refractivity contribution in [2.24, 2.45) is 11.5 Å². The highest BCUT2D eigenvalue weighted by Gasteiger charge is 2.20. The minimum atomic E-state index is -0.613. The van der Waals surface area contributed by atoms with E-state index < -0.39 is 5.91 Å². The molecule has 1 heterocycles. The lowest BCUT2D eigenvalue weighted by atomic mass is 9.92. The van der Waals surface area contributed by atoms with Gasteiger partial charge in [-0.1, -0.05) is 12.1 Å². The molecule has 0 saturated heterocycles. The van der Waals surface area contributed by atoms with Gasteiger partial charge in [0.05, 0.1) is 6.20 Å². The molecule has 1 aromatic heterocycles. The summed E-state index contributed by atoms with van der Waals surface area (Å²) in [7, 11) is 0. The normalized spacial score (nSPS) is 20.1. The van der Waals surface area contributed by atoms with Crippen molar-refractivity contribution < 1.29 is 4.79 Å². The van der Waals surface area contributed by atoms with E-state index in [1.165, 1.54) is 0 Å². The van der Waals surface area contributed by atoms with Gasteiger partial charge in [0.2, 0.25) is 0 Å². The van der Waals surface area contributed by atoms with E-state index in [0.29, 0.717) is 23.7 Å². The number of aromatic nitrogens is 2. The zero-order valence-electron chi connectivity index (χ0n) is 14.3. The highest BCUT2D eigenvalue weighted by molar-refractivity contribution is 5.96. The van der Waals surface area contributed by atoms with Crippen molar-refractivity contribution >= 4 is 23.2 Å². The summed E-state index contributed by atoms with van der Waals surface area (Å²) in [4.78, 5) is 20.4. The van der Waals surface area contributed by atoms with Crippen LogP contribution in [0.4, 0.5) is 17.3 Å². The maximum absolute atomic E-state index is 11.7. The van der Waals surface area contributed by atoms with Crippen molar-refractivity contribution in [2.75, 3.05) is 10.6 Å². The van der Waals surface area contributed by atoms with Crippen molar-refractivity contribution in [3.8, 4) is 0 Å². The number of hydrogen-bond acceptors (Lipinski definition) is 6. The molecule has 0 radical (unpaired) electrons. The fourth-order valence-corrected chi connectivity index (χ4v) is 3.06. The molecular formula is C18H24N6O. The van der Waals surface area contributed by atoms with E-state index in [1.807, 2.05) is 31.2 Å². The number of nitrogens with two attached hydrogens (primary N) is 2. The first-order valence-electron chi connectivity index (χ1n) is 8.54. The molecule has 0 unspecified atom stereocenters. The second-order valence-electron chi connectivity index (χ2n) is 6.57. The van der Waals surface area contributed by atoms with Crippen molar-refractivity contribution in [1.29, 1.82) is 0 Å². The summed E-state index contributed by atoms with van der Waals surface area (Å²) in [5, 5.41) is 6.53. The summed E-state index contributed by atoms with van der Waals surface area (Å²) >= 11 is 0. The first kappa shape index (κ1) is 17.2. The number of carbonyl (C=O) groups is 1. The van der Waals surface area contributed by atoms with E-state index in [0.717, 1.165) is 36.9 Å². The maximum atomic E-state index is 11.7. The Morgan fingerprint density at radius 1 is 1.24 bits per heavy atom. The molecule has 0 aliphatic heterocycles. The summed E-state index contributed by atoms with van der Waals surface area (Å²) in [6, 6.07) is 8.41. The summed E-state index contributed by atoms with van der Waals surface area (Å²) in [6.07, 6.45) is 5.55. The van der Waals surface area contributed by atoms with Crippen LogP contribution in [0.2, 0.25) is 0 Å². The van der Waals surface area contributed by atoms with Crippen LogP contribution in [0.1, 0.15) is 41.7 Å². The van der Waals surface area contributed by atoms with Gasteiger partial charge in [-0.25, -0.2) is 9.97 Å². The van der Waals surface area contributed by atoms with E-state index in [9.17, 15) is 4.79 Å².